The second-order valence-corrected chi connectivity index (χ2v) is 5.47. The van der Waals surface area contributed by atoms with Gasteiger partial charge in [0.1, 0.15) is 11.6 Å². The summed E-state index contributed by atoms with van der Waals surface area (Å²) < 4.78 is 43.2. The number of hydrogen-bond donors (Lipinski definition) is 1. The summed E-state index contributed by atoms with van der Waals surface area (Å²) in [5, 5.41) is 10.9. The molecule has 2 aromatic rings. The minimum Gasteiger partial charge on any atom is -0.385 e. The van der Waals surface area contributed by atoms with Gasteiger partial charge in [-0.15, -0.1) is 5.11 Å². The Morgan fingerprint density at radius 3 is 2.69 bits per heavy atom. The van der Waals surface area contributed by atoms with Gasteiger partial charge in [0, 0.05) is 33.3 Å². The number of nitrogens with one attached hydrogen (secondary N) is 1. The van der Waals surface area contributed by atoms with Gasteiger partial charge in [0.25, 0.3) is 0 Å². The highest BCUT2D eigenvalue weighted by Gasteiger charge is 2.30. The molecule has 26 heavy (non-hydrogen) atoms. The Bertz CT molecular complexity index is 749. The van der Waals surface area contributed by atoms with Crippen molar-refractivity contribution in [2.45, 2.75) is 25.6 Å². The summed E-state index contributed by atoms with van der Waals surface area (Å²) in [4.78, 5) is 8.62. The van der Waals surface area contributed by atoms with Crippen LogP contribution in [-0.4, -0.2) is 30.7 Å². The highest BCUT2D eigenvalue weighted by atomic mass is 19.4. The number of aryl methyl sites for hydroxylation is 1. The van der Waals surface area contributed by atoms with Crippen molar-refractivity contribution in [3.05, 3.63) is 47.3 Å². The lowest BCUT2D eigenvalue weighted by Gasteiger charge is -2.07. The fourth-order valence-electron chi connectivity index (χ4n) is 2.18. The SMILES string of the molecule is CNc1cc(N=NCc2cccc(C(F)(F)F)c2)nc(CCCOC)n1. The lowest BCUT2D eigenvalue weighted by atomic mass is 10.1. The smallest absolute Gasteiger partial charge is 0.385 e. The number of aromatic nitrogens is 2. The van der Waals surface area contributed by atoms with Crippen LogP contribution in [-0.2, 0) is 23.9 Å². The quantitative estimate of drug-likeness (QED) is 0.554. The molecule has 0 bridgehead atoms. The third-order valence-electron chi connectivity index (χ3n) is 3.44. The van der Waals surface area contributed by atoms with Crippen molar-refractivity contribution in [3.63, 3.8) is 0 Å². The van der Waals surface area contributed by atoms with Gasteiger partial charge in [0.2, 0.25) is 0 Å². The minimum atomic E-state index is -4.38. The molecule has 0 saturated heterocycles. The van der Waals surface area contributed by atoms with Crippen molar-refractivity contribution < 1.29 is 17.9 Å². The summed E-state index contributed by atoms with van der Waals surface area (Å²) in [6, 6.07) is 6.63. The number of rotatable bonds is 8. The average molecular weight is 367 g/mol. The molecule has 0 amide bonds. The maximum atomic E-state index is 12.7. The lowest BCUT2D eigenvalue weighted by Crippen LogP contribution is -2.04. The third-order valence-corrected chi connectivity index (χ3v) is 3.44. The monoisotopic (exact) mass is 367 g/mol. The fraction of sp³-hybridized carbons (Fsp3) is 0.412. The van der Waals surface area contributed by atoms with Crippen LogP contribution >= 0.6 is 0 Å². The number of hydrogen-bond acceptors (Lipinski definition) is 6. The third kappa shape index (κ3) is 6.07. The summed E-state index contributed by atoms with van der Waals surface area (Å²) in [6.45, 7) is 0.626. The Kier molecular flexibility index (Phi) is 7.02. The average Bonchev–Trinajstić information content (AvgIpc) is 2.61. The Morgan fingerprint density at radius 2 is 2.00 bits per heavy atom. The molecule has 2 rings (SSSR count). The first-order valence-corrected chi connectivity index (χ1v) is 8.00. The summed E-state index contributed by atoms with van der Waals surface area (Å²) in [5.74, 6) is 1.55. The molecule has 0 atom stereocenters. The predicted octanol–water partition coefficient (Wildman–Crippen LogP) is 4.40. The van der Waals surface area contributed by atoms with Crippen molar-refractivity contribution in [1.82, 2.24) is 9.97 Å². The van der Waals surface area contributed by atoms with Gasteiger partial charge in [0.15, 0.2) is 5.82 Å². The molecule has 0 spiro atoms. The number of nitrogens with zero attached hydrogens (tertiary/aromatic N) is 4. The first-order valence-electron chi connectivity index (χ1n) is 8.00. The van der Waals surface area contributed by atoms with E-state index in [1.165, 1.54) is 6.07 Å². The standard InChI is InChI=1S/C17H20F3N5O/c1-21-15-10-16(24-14(23-15)7-4-8-26-2)25-22-11-12-5-3-6-13(9-12)17(18,19)20/h3,5-6,9-10H,4,7-8,11H2,1-2H3,(H,21,23,24). The molecule has 0 fully saturated rings. The van der Waals surface area contributed by atoms with E-state index in [0.29, 0.717) is 36.1 Å². The number of alkyl halides is 3. The number of benzene rings is 1. The molecule has 1 aromatic carbocycles. The summed E-state index contributed by atoms with van der Waals surface area (Å²) in [7, 11) is 3.35. The first-order chi connectivity index (χ1) is 12.4. The number of halogens is 3. The normalized spacial score (nSPS) is 11.9. The molecule has 1 aromatic heterocycles. The molecule has 0 aliphatic heterocycles. The second kappa shape index (κ2) is 9.23. The molecule has 1 N–H and O–H groups in total. The number of azo groups is 1. The van der Waals surface area contributed by atoms with Crippen LogP contribution in [0.2, 0.25) is 0 Å². The van der Waals surface area contributed by atoms with Gasteiger partial charge in [-0.3, -0.25) is 0 Å². The molecule has 0 aliphatic rings. The fourth-order valence-corrected chi connectivity index (χ4v) is 2.18. The molecule has 0 aliphatic carbocycles. The largest absolute Gasteiger partial charge is 0.416 e. The van der Waals surface area contributed by atoms with E-state index in [4.69, 9.17) is 4.74 Å². The van der Waals surface area contributed by atoms with Gasteiger partial charge < -0.3 is 10.1 Å². The lowest BCUT2D eigenvalue weighted by molar-refractivity contribution is -0.137. The van der Waals surface area contributed by atoms with E-state index in [0.717, 1.165) is 18.6 Å². The molecule has 9 heteroatoms. The zero-order valence-corrected chi connectivity index (χ0v) is 14.5. The topological polar surface area (TPSA) is 71.8 Å². The zero-order valence-electron chi connectivity index (χ0n) is 14.5. The van der Waals surface area contributed by atoms with Crippen molar-refractivity contribution in [2.75, 3.05) is 26.1 Å². The van der Waals surface area contributed by atoms with Gasteiger partial charge in [0.05, 0.1) is 12.1 Å². The van der Waals surface area contributed by atoms with E-state index < -0.39 is 11.7 Å². The Labute approximate surface area is 149 Å². The molecule has 0 saturated carbocycles. The van der Waals surface area contributed by atoms with Crippen LogP contribution in [0.4, 0.5) is 24.8 Å². The maximum absolute atomic E-state index is 12.7. The van der Waals surface area contributed by atoms with Crippen LogP contribution in [0.3, 0.4) is 0 Å². The van der Waals surface area contributed by atoms with Crippen LogP contribution in [0.25, 0.3) is 0 Å². The van der Waals surface area contributed by atoms with Crippen molar-refractivity contribution >= 4 is 11.6 Å². The Hall–Kier alpha value is -2.55. The van der Waals surface area contributed by atoms with Gasteiger partial charge in [-0.2, -0.15) is 18.3 Å². The van der Waals surface area contributed by atoms with E-state index >= 15 is 0 Å². The van der Waals surface area contributed by atoms with Crippen LogP contribution in [0, 0.1) is 0 Å². The van der Waals surface area contributed by atoms with Gasteiger partial charge in [-0.05, 0) is 24.1 Å². The van der Waals surface area contributed by atoms with E-state index in [2.05, 4.69) is 25.5 Å². The van der Waals surface area contributed by atoms with Crippen LogP contribution in [0.15, 0.2) is 40.6 Å². The molecule has 0 unspecified atom stereocenters. The van der Waals surface area contributed by atoms with Crippen LogP contribution in [0.1, 0.15) is 23.4 Å². The van der Waals surface area contributed by atoms with E-state index in [9.17, 15) is 13.2 Å². The number of ether oxygens (including phenoxy) is 1. The summed E-state index contributed by atoms with van der Waals surface area (Å²) in [6.07, 6.45) is -2.98. The minimum absolute atomic E-state index is 0.0296. The zero-order chi connectivity index (χ0) is 19.0. The van der Waals surface area contributed by atoms with Gasteiger partial charge in [-0.1, -0.05) is 12.1 Å². The van der Waals surface area contributed by atoms with Crippen LogP contribution in [0.5, 0.6) is 0 Å². The first kappa shape index (κ1) is 19.8. The summed E-state index contributed by atoms with van der Waals surface area (Å²) in [5.41, 5.74) is -0.281. The second-order valence-electron chi connectivity index (χ2n) is 5.47. The van der Waals surface area contributed by atoms with E-state index in [1.54, 1.807) is 26.3 Å². The van der Waals surface area contributed by atoms with Crippen molar-refractivity contribution in [3.8, 4) is 0 Å². The van der Waals surface area contributed by atoms with E-state index in [1.807, 2.05) is 0 Å². The number of anilines is 1. The van der Waals surface area contributed by atoms with Gasteiger partial charge >= 0.3 is 6.18 Å². The highest BCUT2D eigenvalue weighted by molar-refractivity contribution is 5.43. The summed E-state index contributed by atoms with van der Waals surface area (Å²) >= 11 is 0. The van der Waals surface area contributed by atoms with Crippen molar-refractivity contribution in [1.29, 1.82) is 0 Å². The van der Waals surface area contributed by atoms with Crippen LogP contribution < -0.4 is 5.32 Å². The van der Waals surface area contributed by atoms with E-state index in [-0.39, 0.29) is 6.54 Å². The van der Waals surface area contributed by atoms with Crippen molar-refractivity contribution in [2.24, 2.45) is 10.2 Å². The molecule has 6 nitrogen and oxygen atoms in total. The molecule has 1 heterocycles. The highest BCUT2D eigenvalue weighted by Crippen LogP contribution is 2.29. The molecular formula is C17H20F3N5O. The molecule has 140 valence electrons. The molecular weight excluding hydrogens is 347 g/mol. The predicted molar refractivity (Wildman–Crippen MR) is 91.4 cm³/mol. The Morgan fingerprint density at radius 1 is 1.19 bits per heavy atom. The van der Waals surface area contributed by atoms with Gasteiger partial charge in [-0.25, -0.2) is 9.97 Å². The Balaban J connectivity index is 2.08. The number of methoxy groups -OCH3 is 1. The maximum Gasteiger partial charge on any atom is 0.416 e. The molecule has 0 radical (unpaired) electrons.